The molecule has 0 aliphatic carbocycles. The molecule has 4 aromatic heterocycles. The van der Waals surface area contributed by atoms with E-state index >= 15 is 0 Å². The summed E-state index contributed by atoms with van der Waals surface area (Å²) in [6.07, 6.45) is 4.66. The zero-order chi connectivity index (χ0) is 25.6. The highest BCUT2D eigenvalue weighted by atomic mass is 35.5. The van der Waals surface area contributed by atoms with Crippen LogP contribution in [-0.2, 0) is 20.1 Å². The number of aryl methyl sites for hydroxylation is 3. The van der Waals surface area contributed by atoms with Crippen molar-refractivity contribution in [2.45, 2.75) is 26.9 Å². The van der Waals surface area contributed by atoms with Crippen LogP contribution < -0.4 is 10.1 Å². The summed E-state index contributed by atoms with van der Waals surface area (Å²) < 4.78 is 7.16. The van der Waals surface area contributed by atoms with Crippen molar-refractivity contribution in [1.29, 1.82) is 0 Å². The average molecular weight is 524 g/mol. The van der Waals surface area contributed by atoms with Gasteiger partial charge in [0.1, 0.15) is 16.6 Å². The Morgan fingerprint density at radius 3 is 2.61 bits per heavy atom. The molecule has 0 saturated carbocycles. The fourth-order valence-corrected chi connectivity index (χ4v) is 5.30. The first-order valence-corrected chi connectivity index (χ1v) is 12.2. The van der Waals surface area contributed by atoms with Crippen LogP contribution >= 0.6 is 22.9 Å². The smallest absolute Gasteiger partial charge is 0.273 e. The van der Waals surface area contributed by atoms with E-state index in [0.717, 1.165) is 16.3 Å². The summed E-state index contributed by atoms with van der Waals surface area (Å²) in [6.45, 7) is 4.45. The number of aromatic nitrogens is 5. The van der Waals surface area contributed by atoms with Gasteiger partial charge in [-0.05, 0) is 26.0 Å². The Bertz CT molecular complexity index is 1470. The number of amides is 2. The largest absolute Gasteiger partial charge is 0.494 e. The number of rotatable bonds is 5. The Labute approximate surface area is 216 Å². The van der Waals surface area contributed by atoms with Crippen LogP contribution in [0, 0.1) is 13.8 Å². The van der Waals surface area contributed by atoms with Gasteiger partial charge in [0.05, 0.1) is 54.6 Å². The first-order valence-electron chi connectivity index (χ1n) is 11.0. The molecule has 184 valence electrons. The van der Waals surface area contributed by atoms with Gasteiger partial charge in [-0.15, -0.1) is 0 Å². The first kappa shape index (κ1) is 23.9. The number of halogens is 1. The minimum absolute atomic E-state index is 0.0939. The summed E-state index contributed by atoms with van der Waals surface area (Å²) in [5.41, 5.74) is 4.35. The number of nitrogens with zero attached hydrogens (tertiary/aromatic N) is 6. The minimum Gasteiger partial charge on any atom is -0.494 e. The number of nitrogens with one attached hydrogen (secondary N) is 1. The van der Waals surface area contributed by atoms with Crippen LogP contribution in [-0.4, -0.2) is 48.3 Å². The van der Waals surface area contributed by atoms with Crippen LogP contribution in [0.4, 0.5) is 5.13 Å². The second-order valence-corrected chi connectivity index (χ2v) is 9.84. The zero-order valence-electron chi connectivity index (χ0n) is 20.0. The van der Waals surface area contributed by atoms with Gasteiger partial charge in [0.15, 0.2) is 5.13 Å². The van der Waals surface area contributed by atoms with Crippen LogP contribution in [0.3, 0.4) is 0 Å². The van der Waals surface area contributed by atoms with Crippen molar-refractivity contribution in [2.75, 3.05) is 12.4 Å². The number of imidazole rings is 1. The fourth-order valence-electron chi connectivity index (χ4n) is 4.16. The molecule has 1 N–H and O–H groups in total. The third-order valence-corrected chi connectivity index (χ3v) is 7.12. The topological polar surface area (TPSA) is 115 Å². The van der Waals surface area contributed by atoms with Crippen LogP contribution in [0.5, 0.6) is 5.75 Å². The van der Waals surface area contributed by atoms with E-state index in [1.165, 1.54) is 30.8 Å². The fraction of sp³-hybridized carbons (Fsp3) is 0.250. The van der Waals surface area contributed by atoms with Gasteiger partial charge in [0, 0.05) is 30.1 Å². The lowest BCUT2D eigenvalue weighted by Gasteiger charge is -2.16. The molecule has 12 heteroatoms. The van der Waals surface area contributed by atoms with E-state index in [2.05, 4.69) is 25.3 Å². The van der Waals surface area contributed by atoms with Gasteiger partial charge < -0.3 is 14.2 Å². The Kier molecular flexibility index (Phi) is 6.19. The molecule has 2 amide bonds. The highest BCUT2D eigenvalue weighted by molar-refractivity contribution is 7.16. The van der Waals surface area contributed by atoms with E-state index in [9.17, 15) is 9.59 Å². The molecule has 0 fully saturated rings. The summed E-state index contributed by atoms with van der Waals surface area (Å²) in [6, 6.07) is 3.45. The normalized spacial score (nSPS) is 12.5. The van der Waals surface area contributed by atoms with Crippen LogP contribution in [0.1, 0.15) is 42.8 Å². The number of thiazole rings is 1. The van der Waals surface area contributed by atoms with Crippen LogP contribution in [0.2, 0.25) is 5.15 Å². The summed E-state index contributed by atoms with van der Waals surface area (Å²) in [5, 5.41) is 3.62. The van der Waals surface area contributed by atoms with Gasteiger partial charge in [0.25, 0.3) is 11.8 Å². The van der Waals surface area contributed by atoms with Gasteiger partial charge in [0.2, 0.25) is 0 Å². The van der Waals surface area contributed by atoms with E-state index in [1.54, 1.807) is 35.0 Å². The van der Waals surface area contributed by atoms with E-state index in [1.807, 2.05) is 13.8 Å². The number of fused-ring (bicyclic) bond motifs is 1. The number of ether oxygens (including phenoxy) is 1. The van der Waals surface area contributed by atoms with Crippen molar-refractivity contribution >= 4 is 39.9 Å². The molecular formula is C24H22ClN7O3S. The summed E-state index contributed by atoms with van der Waals surface area (Å²) in [4.78, 5) is 46.1. The molecule has 5 rings (SSSR count). The molecule has 5 heterocycles. The number of carbonyl (C=O) groups excluding carboxylic acids is 2. The maximum absolute atomic E-state index is 13.3. The van der Waals surface area contributed by atoms with Gasteiger partial charge in [-0.25, -0.2) is 15.0 Å². The Hall–Kier alpha value is -3.83. The van der Waals surface area contributed by atoms with E-state index in [0.29, 0.717) is 52.0 Å². The van der Waals surface area contributed by atoms with E-state index in [-0.39, 0.29) is 17.0 Å². The molecule has 36 heavy (non-hydrogen) atoms. The highest BCUT2D eigenvalue weighted by Crippen LogP contribution is 2.35. The lowest BCUT2D eigenvalue weighted by molar-refractivity contribution is 0.0740. The Balaban J connectivity index is 1.37. The van der Waals surface area contributed by atoms with Gasteiger partial charge in [-0.3, -0.25) is 19.9 Å². The second kappa shape index (κ2) is 9.32. The third kappa shape index (κ3) is 4.31. The van der Waals surface area contributed by atoms with Gasteiger partial charge >= 0.3 is 0 Å². The molecule has 4 aromatic rings. The number of anilines is 1. The Morgan fingerprint density at radius 1 is 1.11 bits per heavy atom. The maximum atomic E-state index is 13.3. The van der Waals surface area contributed by atoms with Crippen LogP contribution in [0.25, 0.3) is 11.1 Å². The number of methoxy groups -OCH3 is 1. The highest BCUT2D eigenvalue weighted by Gasteiger charge is 2.30. The van der Waals surface area contributed by atoms with Crippen molar-refractivity contribution in [1.82, 2.24) is 29.4 Å². The molecular weight excluding hydrogens is 502 g/mol. The molecule has 0 atom stereocenters. The summed E-state index contributed by atoms with van der Waals surface area (Å²) in [5.74, 6) is 0.0302. The molecule has 1 aliphatic heterocycles. The number of carbonyl (C=O) groups is 2. The second-order valence-electron chi connectivity index (χ2n) is 8.37. The lowest BCUT2D eigenvalue weighted by Crippen LogP contribution is -2.28. The van der Waals surface area contributed by atoms with Crippen molar-refractivity contribution in [2.24, 2.45) is 7.05 Å². The monoisotopic (exact) mass is 523 g/mol. The zero-order valence-corrected chi connectivity index (χ0v) is 21.6. The van der Waals surface area contributed by atoms with Crippen molar-refractivity contribution in [3.63, 3.8) is 0 Å². The molecule has 1 aliphatic rings. The average Bonchev–Trinajstić information content (AvgIpc) is 3.51. The molecule has 0 saturated heterocycles. The molecule has 0 unspecified atom stereocenters. The summed E-state index contributed by atoms with van der Waals surface area (Å²) in [7, 11) is 3.33. The SMILES string of the molecule is COc1cnc(Cl)cc1-c1cc(C)ncc1C(=O)Nc1nc2c(s1)CN(C(=O)c1c(C)ncn1C)C2. The predicted molar refractivity (Wildman–Crippen MR) is 135 cm³/mol. The van der Waals surface area contributed by atoms with Crippen molar-refractivity contribution in [3.05, 3.63) is 69.2 Å². The van der Waals surface area contributed by atoms with E-state index in [4.69, 9.17) is 16.3 Å². The molecule has 10 nitrogen and oxygen atoms in total. The molecule has 0 radical (unpaired) electrons. The summed E-state index contributed by atoms with van der Waals surface area (Å²) >= 11 is 7.48. The van der Waals surface area contributed by atoms with Gasteiger partial charge in [-0.2, -0.15) is 0 Å². The maximum Gasteiger partial charge on any atom is 0.273 e. The van der Waals surface area contributed by atoms with Crippen molar-refractivity contribution in [3.8, 4) is 16.9 Å². The standard InChI is InChI=1S/C24H22ClN7O3S/c1-12-5-14(15-6-20(25)27-8-18(15)35-4)16(7-26-12)22(33)30-24-29-17-9-32(10-19(17)36-24)23(34)21-13(2)28-11-31(21)3/h5-8,11H,9-10H2,1-4H3,(H,29,30,33). The molecule has 0 aromatic carbocycles. The van der Waals surface area contributed by atoms with Crippen molar-refractivity contribution < 1.29 is 14.3 Å². The number of pyridine rings is 2. The molecule has 0 spiro atoms. The van der Waals surface area contributed by atoms with E-state index < -0.39 is 0 Å². The predicted octanol–water partition coefficient (Wildman–Crippen LogP) is 4.02. The quantitative estimate of drug-likeness (QED) is 0.393. The van der Waals surface area contributed by atoms with Gasteiger partial charge in [-0.1, -0.05) is 22.9 Å². The minimum atomic E-state index is -0.363. The third-order valence-electron chi connectivity index (χ3n) is 5.91. The number of hydrogen-bond donors (Lipinski definition) is 1. The lowest BCUT2D eigenvalue weighted by atomic mass is 10.0. The van der Waals surface area contributed by atoms with Crippen LogP contribution in [0.15, 0.2) is 30.9 Å². The number of hydrogen-bond acceptors (Lipinski definition) is 8. The first-order chi connectivity index (χ1) is 17.2. The Morgan fingerprint density at radius 2 is 1.92 bits per heavy atom. The molecule has 0 bridgehead atoms.